The molecule has 2 aromatic heterocycles. The number of nitrogens with zero attached hydrogens (tertiary/aromatic N) is 3. The van der Waals surface area contributed by atoms with Gasteiger partial charge in [0, 0.05) is 48.0 Å². The Morgan fingerprint density at radius 2 is 2.00 bits per heavy atom. The Morgan fingerprint density at radius 1 is 1.16 bits per heavy atom. The molecule has 0 aliphatic carbocycles. The lowest BCUT2D eigenvalue weighted by atomic mass is 10.1. The van der Waals surface area contributed by atoms with E-state index in [0.29, 0.717) is 16.6 Å². The first-order valence-corrected chi connectivity index (χ1v) is 10.7. The Labute approximate surface area is 185 Å². The molecule has 1 saturated heterocycles. The van der Waals surface area contributed by atoms with Gasteiger partial charge in [0.05, 0.1) is 23.0 Å². The Hall–Kier alpha value is -3.03. The van der Waals surface area contributed by atoms with Crippen LogP contribution in [-0.4, -0.2) is 53.2 Å². The second-order valence-corrected chi connectivity index (χ2v) is 8.29. The lowest BCUT2D eigenvalue weighted by molar-refractivity contribution is 0.115. The van der Waals surface area contributed by atoms with Crippen LogP contribution in [0.25, 0.3) is 21.8 Å². The summed E-state index contributed by atoms with van der Waals surface area (Å²) >= 11 is 6.30. The van der Waals surface area contributed by atoms with Crippen molar-refractivity contribution < 1.29 is 9.47 Å². The Bertz CT molecular complexity index is 1230. The summed E-state index contributed by atoms with van der Waals surface area (Å²) in [6.07, 6.45) is 5.44. The van der Waals surface area contributed by atoms with E-state index in [1.165, 1.54) is 0 Å². The molecule has 0 bridgehead atoms. The zero-order valence-corrected chi connectivity index (χ0v) is 18.2. The number of fused-ring (bicyclic) bond motifs is 2. The molecule has 2 N–H and O–H groups in total. The molecular formula is C23H24ClN5O2. The molecule has 0 atom stereocenters. The van der Waals surface area contributed by atoms with Gasteiger partial charge in [-0.25, -0.2) is 9.97 Å². The van der Waals surface area contributed by atoms with E-state index in [1.54, 1.807) is 19.6 Å². The minimum atomic E-state index is 0.148. The van der Waals surface area contributed by atoms with Crippen LogP contribution in [0.5, 0.6) is 11.5 Å². The van der Waals surface area contributed by atoms with E-state index < -0.39 is 0 Å². The number of halogens is 1. The van der Waals surface area contributed by atoms with Crippen LogP contribution >= 0.6 is 11.6 Å². The van der Waals surface area contributed by atoms with Gasteiger partial charge in [-0.05, 0) is 38.1 Å². The third kappa shape index (κ3) is 3.98. The molecule has 7 nitrogen and oxygen atoms in total. The average molecular weight is 438 g/mol. The number of methoxy groups -OCH3 is 1. The SMILES string of the molecule is COc1cc(OC2CCN(C)CC2)c2c(Nc3ccc4[nH]cc(Cl)c4c3)ncnc2c1. The van der Waals surface area contributed by atoms with Crippen LogP contribution < -0.4 is 14.8 Å². The number of H-pyrrole nitrogens is 1. The van der Waals surface area contributed by atoms with Gasteiger partial charge in [-0.2, -0.15) is 0 Å². The summed E-state index contributed by atoms with van der Waals surface area (Å²) in [5.74, 6) is 2.12. The fourth-order valence-electron chi connectivity index (χ4n) is 4.02. The van der Waals surface area contributed by atoms with Crippen molar-refractivity contribution in [3.63, 3.8) is 0 Å². The van der Waals surface area contributed by atoms with Gasteiger partial charge in [-0.3, -0.25) is 0 Å². The van der Waals surface area contributed by atoms with Crippen LogP contribution in [0.2, 0.25) is 5.02 Å². The van der Waals surface area contributed by atoms with Gasteiger partial charge in [-0.15, -0.1) is 0 Å². The summed E-state index contributed by atoms with van der Waals surface area (Å²) in [5, 5.41) is 5.90. The highest BCUT2D eigenvalue weighted by Gasteiger charge is 2.21. The van der Waals surface area contributed by atoms with Crippen molar-refractivity contribution in [2.75, 3.05) is 32.6 Å². The number of likely N-dealkylation sites (tertiary alicyclic amines) is 1. The largest absolute Gasteiger partial charge is 0.497 e. The molecule has 1 fully saturated rings. The third-order valence-corrected chi connectivity index (χ3v) is 6.08. The maximum Gasteiger partial charge on any atom is 0.145 e. The Kier molecular flexibility index (Phi) is 5.29. The molecule has 1 aliphatic heterocycles. The zero-order chi connectivity index (χ0) is 21.4. The normalized spacial score (nSPS) is 15.5. The molecule has 0 amide bonds. The van der Waals surface area contributed by atoms with Crippen molar-refractivity contribution in [1.29, 1.82) is 0 Å². The first-order valence-electron chi connectivity index (χ1n) is 10.3. The highest BCUT2D eigenvalue weighted by Crippen LogP contribution is 2.37. The van der Waals surface area contributed by atoms with E-state index in [1.807, 2.05) is 30.3 Å². The molecule has 1 aliphatic rings. The van der Waals surface area contributed by atoms with Crippen molar-refractivity contribution in [3.05, 3.63) is 47.9 Å². The molecule has 0 radical (unpaired) electrons. The number of anilines is 2. The highest BCUT2D eigenvalue weighted by molar-refractivity contribution is 6.35. The fourth-order valence-corrected chi connectivity index (χ4v) is 4.23. The molecular weight excluding hydrogens is 414 g/mol. The predicted octanol–water partition coefficient (Wildman–Crippen LogP) is 4.99. The van der Waals surface area contributed by atoms with Crippen molar-refractivity contribution in [2.45, 2.75) is 18.9 Å². The molecule has 4 aromatic rings. The lowest BCUT2D eigenvalue weighted by Gasteiger charge is -2.29. The number of benzene rings is 2. The van der Waals surface area contributed by atoms with Crippen molar-refractivity contribution in [1.82, 2.24) is 19.9 Å². The van der Waals surface area contributed by atoms with E-state index in [0.717, 1.165) is 59.2 Å². The molecule has 0 saturated carbocycles. The molecule has 2 aromatic carbocycles. The van der Waals surface area contributed by atoms with Gasteiger partial charge < -0.3 is 24.7 Å². The summed E-state index contributed by atoms with van der Waals surface area (Å²) in [7, 11) is 3.79. The molecule has 5 rings (SSSR count). The number of rotatable bonds is 5. The molecule has 8 heteroatoms. The van der Waals surface area contributed by atoms with Gasteiger partial charge in [0.25, 0.3) is 0 Å². The smallest absolute Gasteiger partial charge is 0.145 e. The van der Waals surface area contributed by atoms with Crippen LogP contribution in [0.3, 0.4) is 0 Å². The maximum atomic E-state index is 6.46. The quantitative estimate of drug-likeness (QED) is 0.458. The summed E-state index contributed by atoms with van der Waals surface area (Å²) in [6, 6.07) is 9.80. The van der Waals surface area contributed by atoms with Crippen LogP contribution in [0.15, 0.2) is 42.9 Å². The second kappa shape index (κ2) is 8.24. The molecule has 0 unspecified atom stereocenters. The van der Waals surface area contributed by atoms with Crippen molar-refractivity contribution in [2.24, 2.45) is 0 Å². The number of piperidine rings is 1. The van der Waals surface area contributed by atoms with Crippen LogP contribution in [-0.2, 0) is 0 Å². The fraction of sp³-hybridized carbons (Fsp3) is 0.304. The monoisotopic (exact) mass is 437 g/mol. The summed E-state index contributed by atoms with van der Waals surface area (Å²) in [4.78, 5) is 14.5. The molecule has 3 heterocycles. The number of hydrogen-bond donors (Lipinski definition) is 2. The standard InChI is InChI=1S/C23H24ClN5O2/c1-29-7-5-15(6-8-29)31-21-11-16(30-2)10-20-22(21)23(27-13-26-20)28-14-3-4-19-17(9-14)18(24)12-25-19/h3-4,9-13,15,25H,5-8H2,1-2H3,(H,26,27,28). The number of aromatic amines is 1. The Balaban J connectivity index is 1.54. The third-order valence-electron chi connectivity index (χ3n) is 5.76. The van der Waals surface area contributed by atoms with Gasteiger partial charge in [0.1, 0.15) is 29.7 Å². The van der Waals surface area contributed by atoms with Crippen molar-refractivity contribution in [3.8, 4) is 11.5 Å². The van der Waals surface area contributed by atoms with E-state index in [-0.39, 0.29) is 6.10 Å². The highest BCUT2D eigenvalue weighted by atomic mass is 35.5. The number of ether oxygens (including phenoxy) is 2. The molecule has 31 heavy (non-hydrogen) atoms. The second-order valence-electron chi connectivity index (χ2n) is 7.88. The van der Waals surface area contributed by atoms with Gasteiger partial charge in [0.15, 0.2) is 0 Å². The van der Waals surface area contributed by atoms with Gasteiger partial charge in [0.2, 0.25) is 0 Å². The van der Waals surface area contributed by atoms with E-state index >= 15 is 0 Å². The zero-order valence-electron chi connectivity index (χ0n) is 17.5. The minimum Gasteiger partial charge on any atom is -0.497 e. The summed E-state index contributed by atoms with van der Waals surface area (Å²) in [5.41, 5.74) is 2.63. The average Bonchev–Trinajstić information content (AvgIpc) is 3.15. The van der Waals surface area contributed by atoms with E-state index in [4.69, 9.17) is 21.1 Å². The predicted molar refractivity (Wildman–Crippen MR) is 124 cm³/mol. The van der Waals surface area contributed by atoms with E-state index in [2.05, 4.69) is 32.2 Å². The van der Waals surface area contributed by atoms with Crippen LogP contribution in [0.4, 0.5) is 11.5 Å². The van der Waals surface area contributed by atoms with E-state index in [9.17, 15) is 0 Å². The van der Waals surface area contributed by atoms with Crippen LogP contribution in [0.1, 0.15) is 12.8 Å². The van der Waals surface area contributed by atoms with Gasteiger partial charge in [-0.1, -0.05) is 11.6 Å². The van der Waals surface area contributed by atoms with Crippen molar-refractivity contribution >= 4 is 44.9 Å². The maximum absolute atomic E-state index is 6.46. The first-order chi connectivity index (χ1) is 15.1. The van der Waals surface area contributed by atoms with Gasteiger partial charge >= 0.3 is 0 Å². The number of aromatic nitrogens is 3. The summed E-state index contributed by atoms with van der Waals surface area (Å²) in [6.45, 7) is 2.04. The number of hydrogen-bond acceptors (Lipinski definition) is 6. The summed E-state index contributed by atoms with van der Waals surface area (Å²) < 4.78 is 12.0. The molecule has 160 valence electrons. The lowest BCUT2D eigenvalue weighted by Crippen LogP contribution is -2.35. The topological polar surface area (TPSA) is 75.3 Å². The minimum absolute atomic E-state index is 0.148. The molecule has 0 spiro atoms. The van der Waals surface area contributed by atoms with Crippen LogP contribution in [0, 0.1) is 0 Å². The first kappa shape index (κ1) is 19.9. The number of nitrogens with one attached hydrogen (secondary N) is 2. The Morgan fingerprint density at radius 3 is 2.81 bits per heavy atom.